The molecular weight excluding hydrogens is 278 g/mol. The van der Waals surface area contributed by atoms with E-state index in [1.165, 1.54) is 4.90 Å². The van der Waals surface area contributed by atoms with Crippen molar-refractivity contribution < 1.29 is 14.3 Å². The van der Waals surface area contributed by atoms with Crippen LogP contribution in [0, 0.1) is 0 Å². The molecule has 0 atom stereocenters. The summed E-state index contributed by atoms with van der Waals surface area (Å²) in [6, 6.07) is 7.17. The number of carbonyl (C=O) groups is 2. The van der Waals surface area contributed by atoms with Crippen molar-refractivity contribution in [2.75, 3.05) is 19.7 Å². The summed E-state index contributed by atoms with van der Waals surface area (Å²) in [6.45, 7) is 4.57. The van der Waals surface area contributed by atoms with Crippen molar-refractivity contribution in [3.63, 3.8) is 0 Å². The van der Waals surface area contributed by atoms with Gasteiger partial charge >= 0.3 is 5.97 Å². The van der Waals surface area contributed by atoms with E-state index in [0.717, 1.165) is 12.0 Å². The number of benzene rings is 1. The van der Waals surface area contributed by atoms with Crippen LogP contribution in [0.25, 0.3) is 0 Å². The number of halogens is 1. The minimum Gasteiger partial charge on any atom is -0.465 e. The Balaban J connectivity index is 2.66. The molecule has 4 nitrogen and oxygen atoms in total. The summed E-state index contributed by atoms with van der Waals surface area (Å²) in [5.74, 6) is -0.470. The number of ether oxygens (including phenoxy) is 1. The van der Waals surface area contributed by atoms with Crippen LogP contribution < -0.4 is 0 Å². The van der Waals surface area contributed by atoms with Crippen molar-refractivity contribution in [3.8, 4) is 0 Å². The summed E-state index contributed by atoms with van der Waals surface area (Å²) in [4.78, 5) is 25.3. The third kappa shape index (κ3) is 5.61. The fraction of sp³-hybridized carbons (Fsp3) is 0.467. The average Bonchev–Trinajstić information content (AvgIpc) is 2.38. The summed E-state index contributed by atoms with van der Waals surface area (Å²) in [7, 11) is 0. The number of amides is 1. The maximum Gasteiger partial charge on any atom is 0.325 e. The summed E-state index contributed by atoms with van der Waals surface area (Å²) in [5, 5.41) is 0.600. The van der Waals surface area contributed by atoms with E-state index in [2.05, 4.69) is 0 Å². The SMILES string of the molecule is CCCN(CC(=O)OCC)C(=O)Cc1cccc(Cl)c1. The van der Waals surface area contributed by atoms with Gasteiger partial charge in [0.2, 0.25) is 5.91 Å². The third-order valence-electron chi connectivity index (χ3n) is 2.72. The highest BCUT2D eigenvalue weighted by molar-refractivity contribution is 6.30. The highest BCUT2D eigenvalue weighted by atomic mass is 35.5. The zero-order valence-electron chi connectivity index (χ0n) is 11.9. The third-order valence-corrected chi connectivity index (χ3v) is 2.95. The lowest BCUT2D eigenvalue weighted by Crippen LogP contribution is -2.38. The summed E-state index contributed by atoms with van der Waals surface area (Å²) in [6.07, 6.45) is 1.03. The van der Waals surface area contributed by atoms with E-state index in [1.54, 1.807) is 25.1 Å². The van der Waals surface area contributed by atoms with Gasteiger partial charge < -0.3 is 9.64 Å². The van der Waals surface area contributed by atoms with Crippen LogP contribution in [-0.2, 0) is 20.7 Å². The second kappa shape index (κ2) is 8.59. The molecule has 0 unspecified atom stereocenters. The Morgan fingerprint density at radius 2 is 2.05 bits per heavy atom. The first-order valence-electron chi connectivity index (χ1n) is 6.74. The van der Waals surface area contributed by atoms with Gasteiger partial charge in [0, 0.05) is 11.6 Å². The molecule has 1 aromatic carbocycles. The van der Waals surface area contributed by atoms with Gasteiger partial charge in [0.05, 0.1) is 13.0 Å². The van der Waals surface area contributed by atoms with Crippen LogP contribution in [0.2, 0.25) is 5.02 Å². The molecule has 0 N–H and O–H groups in total. The zero-order chi connectivity index (χ0) is 15.0. The lowest BCUT2D eigenvalue weighted by Gasteiger charge is -2.21. The van der Waals surface area contributed by atoms with Crippen LogP contribution >= 0.6 is 11.6 Å². The fourth-order valence-electron chi connectivity index (χ4n) is 1.86. The van der Waals surface area contributed by atoms with E-state index in [-0.39, 0.29) is 24.8 Å². The van der Waals surface area contributed by atoms with Gasteiger partial charge in [-0.25, -0.2) is 0 Å². The highest BCUT2D eigenvalue weighted by Gasteiger charge is 2.17. The fourth-order valence-corrected chi connectivity index (χ4v) is 2.07. The molecule has 1 rings (SSSR count). The highest BCUT2D eigenvalue weighted by Crippen LogP contribution is 2.12. The number of hydrogen-bond acceptors (Lipinski definition) is 3. The molecule has 110 valence electrons. The van der Waals surface area contributed by atoms with Crippen LogP contribution in [0.15, 0.2) is 24.3 Å². The molecule has 0 aromatic heterocycles. The van der Waals surface area contributed by atoms with Gasteiger partial charge in [-0.1, -0.05) is 30.7 Å². The normalized spacial score (nSPS) is 10.2. The van der Waals surface area contributed by atoms with Gasteiger partial charge in [0.1, 0.15) is 6.54 Å². The standard InChI is InChI=1S/C15H20ClNO3/c1-3-8-17(11-15(19)20-4-2)14(18)10-12-6-5-7-13(16)9-12/h5-7,9H,3-4,8,10-11H2,1-2H3. The van der Waals surface area contributed by atoms with Crippen LogP contribution in [0.5, 0.6) is 0 Å². The smallest absolute Gasteiger partial charge is 0.325 e. The Labute approximate surface area is 124 Å². The van der Waals surface area contributed by atoms with E-state index in [1.807, 2.05) is 13.0 Å². The van der Waals surface area contributed by atoms with E-state index < -0.39 is 0 Å². The van der Waals surface area contributed by atoms with Gasteiger partial charge in [0.25, 0.3) is 0 Å². The molecule has 0 aliphatic rings. The van der Waals surface area contributed by atoms with Gasteiger partial charge in [0.15, 0.2) is 0 Å². The van der Waals surface area contributed by atoms with Crippen molar-refractivity contribution in [2.45, 2.75) is 26.7 Å². The molecule has 0 saturated heterocycles. The molecule has 0 saturated carbocycles. The lowest BCUT2D eigenvalue weighted by atomic mass is 10.1. The molecule has 0 spiro atoms. The molecule has 0 fully saturated rings. The molecule has 0 heterocycles. The maximum atomic E-state index is 12.2. The molecule has 0 radical (unpaired) electrons. The largest absolute Gasteiger partial charge is 0.465 e. The van der Waals surface area contributed by atoms with Crippen molar-refractivity contribution in [2.24, 2.45) is 0 Å². The number of hydrogen-bond donors (Lipinski definition) is 0. The Morgan fingerprint density at radius 3 is 2.65 bits per heavy atom. The van der Waals surface area contributed by atoms with E-state index in [0.29, 0.717) is 18.2 Å². The predicted molar refractivity (Wildman–Crippen MR) is 78.7 cm³/mol. The number of rotatable bonds is 7. The average molecular weight is 298 g/mol. The first kappa shape index (κ1) is 16.5. The molecule has 0 aliphatic heterocycles. The van der Waals surface area contributed by atoms with Crippen molar-refractivity contribution in [1.29, 1.82) is 0 Å². The second-order valence-electron chi connectivity index (χ2n) is 4.43. The summed E-state index contributed by atoms with van der Waals surface area (Å²) < 4.78 is 4.88. The number of esters is 1. The minimum absolute atomic E-state index is 0.00107. The van der Waals surface area contributed by atoms with Crippen LogP contribution in [0.3, 0.4) is 0 Å². The van der Waals surface area contributed by atoms with Gasteiger partial charge in [-0.2, -0.15) is 0 Å². The van der Waals surface area contributed by atoms with Crippen molar-refractivity contribution in [1.82, 2.24) is 4.90 Å². The first-order valence-corrected chi connectivity index (χ1v) is 7.12. The monoisotopic (exact) mass is 297 g/mol. The topological polar surface area (TPSA) is 46.6 Å². The first-order chi connectivity index (χ1) is 9.56. The number of nitrogens with zero attached hydrogens (tertiary/aromatic N) is 1. The van der Waals surface area contributed by atoms with E-state index >= 15 is 0 Å². The molecule has 1 amide bonds. The van der Waals surface area contributed by atoms with Crippen LogP contribution in [0.4, 0.5) is 0 Å². The van der Waals surface area contributed by atoms with Gasteiger partial charge in [-0.05, 0) is 31.0 Å². The van der Waals surface area contributed by atoms with E-state index in [4.69, 9.17) is 16.3 Å². The zero-order valence-corrected chi connectivity index (χ0v) is 12.7. The van der Waals surface area contributed by atoms with Crippen LogP contribution in [-0.4, -0.2) is 36.5 Å². The second-order valence-corrected chi connectivity index (χ2v) is 4.86. The van der Waals surface area contributed by atoms with Gasteiger partial charge in [-0.15, -0.1) is 0 Å². The quantitative estimate of drug-likeness (QED) is 0.727. The van der Waals surface area contributed by atoms with Crippen molar-refractivity contribution >= 4 is 23.5 Å². The molecule has 20 heavy (non-hydrogen) atoms. The lowest BCUT2D eigenvalue weighted by molar-refractivity contribution is -0.148. The number of carbonyl (C=O) groups excluding carboxylic acids is 2. The Hall–Kier alpha value is -1.55. The molecule has 1 aromatic rings. The summed E-state index contributed by atoms with van der Waals surface area (Å²) >= 11 is 5.90. The van der Waals surface area contributed by atoms with Crippen LogP contribution in [0.1, 0.15) is 25.8 Å². The van der Waals surface area contributed by atoms with Gasteiger partial charge in [-0.3, -0.25) is 9.59 Å². The maximum absolute atomic E-state index is 12.2. The molecular formula is C15H20ClNO3. The predicted octanol–water partition coefficient (Wildman–Crippen LogP) is 2.68. The Bertz CT molecular complexity index is 462. The molecule has 5 heteroatoms. The Kier molecular flexibility index (Phi) is 7.09. The molecule has 0 bridgehead atoms. The minimum atomic E-state index is -0.375. The summed E-state index contributed by atoms with van der Waals surface area (Å²) in [5.41, 5.74) is 0.840. The van der Waals surface area contributed by atoms with Crippen molar-refractivity contribution in [3.05, 3.63) is 34.9 Å². The molecule has 0 aliphatic carbocycles. The van der Waals surface area contributed by atoms with E-state index in [9.17, 15) is 9.59 Å². The Morgan fingerprint density at radius 1 is 1.30 bits per heavy atom.